The van der Waals surface area contributed by atoms with Gasteiger partial charge in [0.2, 0.25) is 0 Å². The van der Waals surface area contributed by atoms with Gasteiger partial charge in [-0.05, 0) is 48.5 Å². The minimum Gasteiger partial charge on any atom is -0.497 e. The van der Waals surface area contributed by atoms with Crippen molar-refractivity contribution in [2.24, 2.45) is 0 Å². The fourth-order valence-electron chi connectivity index (χ4n) is 3.88. The lowest BCUT2D eigenvalue weighted by atomic mass is 10.2. The molecular weight excluding hydrogens is 412 g/mol. The van der Waals surface area contributed by atoms with Crippen LogP contribution in [0.1, 0.15) is 0 Å². The van der Waals surface area contributed by atoms with Gasteiger partial charge in [-0.2, -0.15) is 0 Å². The van der Waals surface area contributed by atoms with Gasteiger partial charge in [-0.3, -0.25) is 0 Å². The Balaban J connectivity index is 1.29. The van der Waals surface area contributed by atoms with E-state index in [4.69, 9.17) is 18.9 Å². The first-order chi connectivity index (χ1) is 15.6. The summed E-state index contributed by atoms with van der Waals surface area (Å²) >= 11 is 0. The summed E-state index contributed by atoms with van der Waals surface area (Å²) in [6.45, 7) is 5.70. The van der Waals surface area contributed by atoms with Crippen LogP contribution in [0.5, 0.6) is 23.0 Å². The third-order valence-corrected chi connectivity index (χ3v) is 5.72. The van der Waals surface area contributed by atoms with E-state index in [-0.39, 0.29) is 13.2 Å². The summed E-state index contributed by atoms with van der Waals surface area (Å²) in [6, 6.07) is 14.7. The van der Waals surface area contributed by atoms with E-state index in [9.17, 15) is 10.2 Å². The molecule has 1 aliphatic rings. The van der Waals surface area contributed by atoms with Gasteiger partial charge in [0.25, 0.3) is 0 Å². The lowest BCUT2D eigenvalue weighted by Crippen LogP contribution is -3.29. The van der Waals surface area contributed by atoms with Gasteiger partial charge in [0.05, 0.1) is 14.2 Å². The second kappa shape index (κ2) is 12.5. The number of nitrogens with one attached hydrogen (secondary N) is 2. The molecule has 0 unspecified atom stereocenters. The molecule has 2 aromatic rings. The summed E-state index contributed by atoms with van der Waals surface area (Å²) in [5.74, 6) is 3.00. The van der Waals surface area contributed by atoms with Crippen LogP contribution in [-0.4, -0.2) is 89.1 Å². The molecule has 0 amide bonds. The van der Waals surface area contributed by atoms with Crippen LogP contribution in [-0.2, 0) is 0 Å². The number of hydrogen-bond donors (Lipinski definition) is 4. The smallest absolute Gasteiger partial charge is 0.137 e. The van der Waals surface area contributed by atoms with Crippen LogP contribution in [0.3, 0.4) is 0 Å². The van der Waals surface area contributed by atoms with Crippen molar-refractivity contribution in [2.75, 3.05) is 66.7 Å². The van der Waals surface area contributed by atoms with Crippen LogP contribution in [0.25, 0.3) is 0 Å². The van der Waals surface area contributed by atoms with Gasteiger partial charge in [0.15, 0.2) is 0 Å². The maximum Gasteiger partial charge on any atom is 0.137 e. The molecule has 1 heterocycles. The molecular formula is C24H36N2O6+2. The van der Waals surface area contributed by atoms with Gasteiger partial charge in [-0.1, -0.05) is 0 Å². The molecule has 0 bridgehead atoms. The van der Waals surface area contributed by atoms with Gasteiger partial charge in [0.1, 0.15) is 87.7 Å². The Hall–Kier alpha value is -2.52. The monoisotopic (exact) mass is 448 g/mol. The number of aliphatic hydroxyl groups excluding tert-OH is 2. The number of hydrogen-bond acceptors (Lipinski definition) is 6. The van der Waals surface area contributed by atoms with Gasteiger partial charge < -0.3 is 39.0 Å². The Labute approximate surface area is 189 Å². The van der Waals surface area contributed by atoms with Gasteiger partial charge >= 0.3 is 0 Å². The number of methoxy groups -OCH3 is 2. The van der Waals surface area contributed by atoms with E-state index < -0.39 is 12.2 Å². The average molecular weight is 449 g/mol. The molecule has 0 aromatic heterocycles. The Morgan fingerprint density at radius 3 is 1.25 bits per heavy atom. The molecule has 3 rings (SSSR count). The molecule has 2 atom stereocenters. The average Bonchev–Trinajstić information content (AvgIpc) is 2.83. The van der Waals surface area contributed by atoms with Gasteiger partial charge in [-0.25, -0.2) is 0 Å². The fraction of sp³-hybridized carbons (Fsp3) is 0.500. The second-order valence-corrected chi connectivity index (χ2v) is 8.19. The maximum atomic E-state index is 10.3. The quantitative estimate of drug-likeness (QED) is 0.322. The summed E-state index contributed by atoms with van der Waals surface area (Å²) in [7, 11) is 3.25. The van der Waals surface area contributed by atoms with Crippen molar-refractivity contribution in [1.29, 1.82) is 0 Å². The molecule has 0 aliphatic carbocycles. The van der Waals surface area contributed by atoms with E-state index in [2.05, 4.69) is 0 Å². The normalized spacial score (nSPS) is 20.2. The predicted octanol–water partition coefficient (Wildman–Crippen LogP) is -1.33. The first-order valence-electron chi connectivity index (χ1n) is 11.1. The van der Waals surface area contributed by atoms with Crippen LogP contribution in [0, 0.1) is 0 Å². The van der Waals surface area contributed by atoms with E-state index in [1.807, 2.05) is 48.5 Å². The third-order valence-electron chi connectivity index (χ3n) is 5.72. The highest BCUT2D eigenvalue weighted by Crippen LogP contribution is 2.17. The number of rotatable bonds is 12. The summed E-state index contributed by atoms with van der Waals surface area (Å²) in [5.41, 5.74) is 0. The van der Waals surface area contributed by atoms with Crippen molar-refractivity contribution in [3.63, 3.8) is 0 Å². The van der Waals surface area contributed by atoms with Crippen molar-refractivity contribution in [3.05, 3.63) is 48.5 Å². The second-order valence-electron chi connectivity index (χ2n) is 8.19. The highest BCUT2D eigenvalue weighted by atomic mass is 16.5. The van der Waals surface area contributed by atoms with E-state index in [0.717, 1.165) is 49.2 Å². The predicted molar refractivity (Wildman–Crippen MR) is 120 cm³/mol. The Kier molecular flexibility index (Phi) is 9.43. The van der Waals surface area contributed by atoms with Gasteiger partial charge in [0, 0.05) is 0 Å². The maximum absolute atomic E-state index is 10.3. The first kappa shape index (κ1) is 24.1. The van der Waals surface area contributed by atoms with Crippen molar-refractivity contribution >= 4 is 0 Å². The number of aliphatic hydroxyl groups is 2. The Morgan fingerprint density at radius 1 is 0.625 bits per heavy atom. The minimum absolute atomic E-state index is 0.272. The van der Waals surface area contributed by atoms with Crippen LogP contribution < -0.4 is 28.7 Å². The molecule has 2 aromatic carbocycles. The molecule has 0 spiro atoms. The van der Waals surface area contributed by atoms with Crippen molar-refractivity contribution < 1.29 is 39.0 Å². The first-order valence-corrected chi connectivity index (χ1v) is 11.1. The lowest BCUT2D eigenvalue weighted by molar-refractivity contribution is -1.01. The van der Waals surface area contributed by atoms with E-state index in [1.54, 1.807) is 14.2 Å². The van der Waals surface area contributed by atoms with Gasteiger partial charge in [-0.15, -0.1) is 0 Å². The van der Waals surface area contributed by atoms with Crippen LogP contribution >= 0.6 is 0 Å². The number of ether oxygens (including phenoxy) is 4. The molecule has 8 nitrogen and oxygen atoms in total. The van der Waals surface area contributed by atoms with E-state index >= 15 is 0 Å². The van der Waals surface area contributed by atoms with E-state index in [0.29, 0.717) is 13.1 Å². The molecule has 4 N–H and O–H groups in total. The van der Waals surface area contributed by atoms with Crippen molar-refractivity contribution in [2.45, 2.75) is 12.2 Å². The third kappa shape index (κ3) is 7.87. The summed E-state index contributed by atoms with van der Waals surface area (Å²) in [4.78, 5) is 2.73. The van der Waals surface area contributed by atoms with Crippen molar-refractivity contribution in [1.82, 2.24) is 0 Å². The Morgan fingerprint density at radius 2 is 0.938 bits per heavy atom. The minimum atomic E-state index is -0.517. The zero-order valence-electron chi connectivity index (χ0n) is 19.0. The van der Waals surface area contributed by atoms with E-state index in [1.165, 1.54) is 9.80 Å². The molecule has 0 saturated carbocycles. The Bertz CT molecular complexity index is 711. The van der Waals surface area contributed by atoms with Crippen LogP contribution in [0.4, 0.5) is 0 Å². The zero-order valence-corrected chi connectivity index (χ0v) is 19.0. The van der Waals surface area contributed by atoms with Crippen LogP contribution in [0.15, 0.2) is 48.5 Å². The number of piperazine rings is 1. The SMILES string of the molecule is COc1ccc(OC[C@H](O)C[NH+]2CC[NH+](C[C@@H](O)COc3ccc(OC)cc3)CC2)cc1. The van der Waals surface area contributed by atoms with Crippen molar-refractivity contribution in [3.8, 4) is 23.0 Å². The molecule has 32 heavy (non-hydrogen) atoms. The fourth-order valence-corrected chi connectivity index (χ4v) is 3.88. The highest BCUT2D eigenvalue weighted by Gasteiger charge is 2.26. The summed E-state index contributed by atoms with van der Waals surface area (Å²) < 4.78 is 21.6. The molecule has 0 radical (unpaired) electrons. The summed E-state index contributed by atoms with van der Waals surface area (Å²) in [5, 5.41) is 20.7. The number of benzene rings is 2. The standard InChI is InChI=1S/C24H34N2O6/c1-29-21-3-7-23(8-4-21)31-17-19(27)15-25-11-13-26(14-12-25)16-20(28)18-32-24-9-5-22(30-2)6-10-24/h3-10,19-20,27-28H,11-18H2,1-2H3/p+2/t19-,20-/m1/s1. The summed E-state index contributed by atoms with van der Waals surface area (Å²) in [6.07, 6.45) is -1.03. The molecule has 8 heteroatoms. The molecule has 176 valence electrons. The topological polar surface area (TPSA) is 86.3 Å². The molecule has 1 fully saturated rings. The lowest BCUT2D eigenvalue weighted by Gasteiger charge is -2.31. The highest BCUT2D eigenvalue weighted by molar-refractivity contribution is 5.31. The largest absolute Gasteiger partial charge is 0.497 e. The molecule has 1 aliphatic heterocycles. The number of quaternary nitrogens is 2. The zero-order chi connectivity index (χ0) is 22.8. The molecule has 1 saturated heterocycles. The van der Waals surface area contributed by atoms with Crippen LogP contribution in [0.2, 0.25) is 0 Å².